The van der Waals surface area contributed by atoms with Crippen LogP contribution in [0.15, 0.2) is 60.7 Å². The van der Waals surface area contributed by atoms with E-state index in [0.29, 0.717) is 6.04 Å². The minimum atomic E-state index is -0.0925. The van der Waals surface area contributed by atoms with Gasteiger partial charge in [-0.3, -0.25) is 5.32 Å². The molecule has 0 spiro atoms. The standard InChI is InChI=1S/C16H17N.C2H6/c1-4-12-13(5-2)16(3)14-9-7-6-8-11(14)10-15(12)17-16;1-2/h4-9,15,17H,1-2,10H2,3H3;1-2H3. The zero-order chi connectivity index (χ0) is 14.0. The number of rotatable bonds is 2. The quantitative estimate of drug-likeness (QED) is 0.836. The molecule has 2 aliphatic heterocycles. The summed E-state index contributed by atoms with van der Waals surface area (Å²) in [6.07, 6.45) is 5.00. The smallest absolute Gasteiger partial charge is 0.0672 e. The van der Waals surface area contributed by atoms with Crippen molar-refractivity contribution in [3.63, 3.8) is 0 Å². The third-order valence-corrected chi connectivity index (χ3v) is 4.09. The third kappa shape index (κ3) is 1.89. The largest absolute Gasteiger partial charge is 0.297 e. The molecule has 0 aliphatic carbocycles. The van der Waals surface area contributed by atoms with Crippen molar-refractivity contribution in [3.05, 3.63) is 71.8 Å². The lowest BCUT2D eigenvalue weighted by atomic mass is 9.81. The van der Waals surface area contributed by atoms with Crippen LogP contribution in [0, 0.1) is 0 Å². The van der Waals surface area contributed by atoms with Crippen LogP contribution in [0.3, 0.4) is 0 Å². The number of hydrogen-bond donors (Lipinski definition) is 1. The van der Waals surface area contributed by atoms with E-state index < -0.39 is 0 Å². The average Bonchev–Trinajstić information content (AvgIpc) is 2.68. The highest BCUT2D eigenvalue weighted by molar-refractivity contribution is 5.57. The van der Waals surface area contributed by atoms with Crippen LogP contribution in [-0.4, -0.2) is 6.04 Å². The normalized spacial score (nSPS) is 27.2. The number of fused-ring (bicyclic) bond motifs is 4. The molecule has 2 atom stereocenters. The summed E-state index contributed by atoms with van der Waals surface area (Å²) in [6, 6.07) is 9.06. The fourth-order valence-electron chi connectivity index (χ4n) is 3.34. The molecule has 0 saturated carbocycles. The first-order valence-corrected chi connectivity index (χ1v) is 7.06. The lowest BCUT2D eigenvalue weighted by Gasteiger charge is -2.35. The molecule has 2 unspecified atom stereocenters. The van der Waals surface area contributed by atoms with Gasteiger partial charge in [-0.2, -0.15) is 0 Å². The van der Waals surface area contributed by atoms with Gasteiger partial charge in [-0.1, -0.05) is 63.4 Å². The Bertz CT molecular complexity index is 538. The highest BCUT2D eigenvalue weighted by Gasteiger charge is 2.45. The van der Waals surface area contributed by atoms with Gasteiger partial charge >= 0.3 is 0 Å². The topological polar surface area (TPSA) is 12.0 Å². The SMILES string of the molecule is C=CC1=C(C=C)C2(C)NC1Cc1ccccc12.CC. The van der Waals surface area contributed by atoms with Crippen LogP contribution in [0.4, 0.5) is 0 Å². The zero-order valence-corrected chi connectivity index (χ0v) is 12.2. The molecule has 3 rings (SSSR count). The Hall–Kier alpha value is -1.60. The maximum Gasteiger partial charge on any atom is 0.0672 e. The van der Waals surface area contributed by atoms with Crippen LogP contribution in [0.1, 0.15) is 31.9 Å². The van der Waals surface area contributed by atoms with Crippen LogP contribution in [0.25, 0.3) is 0 Å². The summed E-state index contributed by atoms with van der Waals surface area (Å²) >= 11 is 0. The zero-order valence-electron chi connectivity index (χ0n) is 12.2. The Morgan fingerprint density at radius 1 is 1.21 bits per heavy atom. The van der Waals surface area contributed by atoms with Crippen molar-refractivity contribution in [2.45, 2.75) is 38.8 Å². The fourth-order valence-corrected chi connectivity index (χ4v) is 3.34. The first-order valence-electron chi connectivity index (χ1n) is 7.06. The molecule has 1 heteroatoms. The second-order valence-electron chi connectivity index (χ2n) is 4.96. The molecular weight excluding hydrogens is 230 g/mol. The molecule has 2 bridgehead atoms. The van der Waals surface area contributed by atoms with Gasteiger partial charge in [-0.15, -0.1) is 0 Å². The van der Waals surface area contributed by atoms with Gasteiger partial charge < -0.3 is 0 Å². The fraction of sp³-hybridized carbons (Fsp3) is 0.333. The first kappa shape index (κ1) is 13.8. The second-order valence-corrected chi connectivity index (χ2v) is 4.96. The van der Waals surface area contributed by atoms with Gasteiger partial charge in [0, 0.05) is 6.04 Å². The summed E-state index contributed by atoms with van der Waals surface area (Å²) in [4.78, 5) is 0. The predicted octanol–water partition coefficient (Wildman–Crippen LogP) is 4.12. The maximum atomic E-state index is 3.97. The van der Waals surface area contributed by atoms with Crippen LogP contribution >= 0.6 is 0 Å². The first-order chi connectivity index (χ1) is 9.20. The molecule has 100 valence electrons. The van der Waals surface area contributed by atoms with Crippen molar-refractivity contribution < 1.29 is 0 Å². The predicted molar refractivity (Wildman–Crippen MR) is 83.2 cm³/mol. The van der Waals surface area contributed by atoms with E-state index in [1.54, 1.807) is 0 Å². The van der Waals surface area contributed by atoms with Gasteiger partial charge in [-0.25, -0.2) is 0 Å². The Balaban J connectivity index is 0.000000637. The van der Waals surface area contributed by atoms with Crippen LogP contribution in [0.5, 0.6) is 0 Å². The molecule has 0 saturated heterocycles. The van der Waals surface area contributed by atoms with Gasteiger partial charge in [0.15, 0.2) is 0 Å². The summed E-state index contributed by atoms with van der Waals surface area (Å²) in [7, 11) is 0. The molecule has 1 aromatic carbocycles. The minimum Gasteiger partial charge on any atom is -0.297 e. The third-order valence-electron chi connectivity index (χ3n) is 4.09. The van der Waals surface area contributed by atoms with Gasteiger partial charge in [0.2, 0.25) is 0 Å². The summed E-state index contributed by atoms with van der Waals surface area (Å²) in [6.45, 7) is 14.2. The highest BCUT2D eigenvalue weighted by atomic mass is 15.1. The van der Waals surface area contributed by atoms with E-state index in [2.05, 4.69) is 49.7 Å². The molecular formula is C18H23N. The summed E-state index contributed by atoms with van der Waals surface area (Å²) in [5.41, 5.74) is 5.31. The van der Waals surface area contributed by atoms with Gasteiger partial charge in [-0.05, 0) is 35.6 Å². The molecule has 0 amide bonds. The Morgan fingerprint density at radius 2 is 1.89 bits per heavy atom. The average molecular weight is 253 g/mol. The van der Waals surface area contributed by atoms with E-state index in [9.17, 15) is 0 Å². The van der Waals surface area contributed by atoms with E-state index in [1.807, 2.05) is 26.0 Å². The molecule has 2 aliphatic rings. The Labute approximate surface area is 116 Å². The molecule has 1 nitrogen and oxygen atoms in total. The van der Waals surface area contributed by atoms with Gasteiger partial charge in [0.05, 0.1) is 5.54 Å². The van der Waals surface area contributed by atoms with Crippen molar-refractivity contribution >= 4 is 0 Å². The van der Waals surface area contributed by atoms with E-state index in [1.165, 1.54) is 22.3 Å². The second kappa shape index (κ2) is 5.18. The van der Waals surface area contributed by atoms with Crippen LogP contribution < -0.4 is 5.32 Å². The van der Waals surface area contributed by atoms with E-state index in [4.69, 9.17) is 0 Å². The lowest BCUT2D eigenvalue weighted by Crippen LogP contribution is -2.46. The molecule has 1 N–H and O–H groups in total. The lowest BCUT2D eigenvalue weighted by molar-refractivity contribution is 0.405. The summed E-state index contributed by atoms with van der Waals surface area (Å²) in [5.74, 6) is 0. The van der Waals surface area contributed by atoms with E-state index >= 15 is 0 Å². The highest BCUT2D eigenvalue weighted by Crippen LogP contribution is 2.45. The van der Waals surface area contributed by atoms with E-state index in [0.717, 1.165) is 6.42 Å². The number of benzene rings is 1. The van der Waals surface area contributed by atoms with Crippen molar-refractivity contribution in [3.8, 4) is 0 Å². The minimum absolute atomic E-state index is 0.0925. The Morgan fingerprint density at radius 3 is 2.53 bits per heavy atom. The van der Waals surface area contributed by atoms with Crippen molar-refractivity contribution in [1.82, 2.24) is 5.32 Å². The van der Waals surface area contributed by atoms with Crippen LogP contribution in [0.2, 0.25) is 0 Å². The van der Waals surface area contributed by atoms with Gasteiger partial charge in [0.25, 0.3) is 0 Å². The van der Waals surface area contributed by atoms with Crippen molar-refractivity contribution in [1.29, 1.82) is 0 Å². The number of hydrogen-bond acceptors (Lipinski definition) is 1. The van der Waals surface area contributed by atoms with E-state index in [-0.39, 0.29) is 5.54 Å². The Kier molecular flexibility index (Phi) is 3.77. The van der Waals surface area contributed by atoms with Gasteiger partial charge in [0.1, 0.15) is 0 Å². The van der Waals surface area contributed by atoms with Crippen molar-refractivity contribution in [2.24, 2.45) is 0 Å². The molecule has 0 radical (unpaired) electrons. The number of nitrogens with one attached hydrogen (secondary N) is 1. The molecule has 0 aromatic heterocycles. The summed E-state index contributed by atoms with van der Waals surface area (Å²) in [5, 5.41) is 3.71. The maximum absolute atomic E-state index is 3.97. The van der Waals surface area contributed by atoms with Crippen LogP contribution in [-0.2, 0) is 12.0 Å². The molecule has 19 heavy (non-hydrogen) atoms. The molecule has 0 fully saturated rings. The summed E-state index contributed by atoms with van der Waals surface area (Å²) < 4.78 is 0. The monoisotopic (exact) mass is 253 g/mol. The molecule has 1 aromatic rings. The molecule has 2 heterocycles. The van der Waals surface area contributed by atoms with Crippen molar-refractivity contribution in [2.75, 3.05) is 0 Å².